The monoisotopic (exact) mass is 509 g/mol. The van der Waals surface area contributed by atoms with Crippen LogP contribution in [0.3, 0.4) is 0 Å². The van der Waals surface area contributed by atoms with Gasteiger partial charge in [-0.15, -0.1) is 10.2 Å². The first kappa shape index (κ1) is 19.0. The van der Waals surface area contributed by atoms with E-state index in [1.54, 1.807) is 9.12 Å². The first-order chi connectivity index (χ1) is 13.3. The third-order valence-electron chi connectivity index (χ3n) is 6.00. The van der Waals surface area contributed by atoms with Crippen molar-refractivity contribution < 1.29 is 13.7 Å². The van der Waals surface area contributed by atoms with E-state index in [2.05, 4.69) is 81.4 Å². The topological polar surface area (TPSA) is 62.3 Å². The summed E-state index contributed by atoms with van der Waals surface area (Å²) in [5.74, 6) is 1.77. The molecule has 1 aromatic carbocycles. The van der Waals surface area contributed by atoms with Crippen LogP contribution in [0.15, 0.2) is 28.8 Å². The highest BCUT2D eigenvalue weighted by Crippen LogP contribution is 2.41. The number of nitrogens with zero attached hydrogens (tertiary/aromatic N) is 3. The van der Waals surface area contributed by atoms with E-state index in [9.17, 15) is 0 Å². The van der Waals surface area contributed by atoms with Crippen LogP contribution >= 0.6 is 30.3 Å². The Bertz CT molecular complexity index is 1040. The van der Waals surface area contributed by atoms with Crippen molar-refractivity contribution in [2.75, 3.05) is 0 Å². The summed E-state index contributed by atoms with van der Waals surface area (Å²) in [6.07, 6.45) is 4.38. The Morgan fingerprint density at radius 1 is 1.14 bits per heavy atom. The Labute approximate surface area is 180 Å². The van der Waals surface area contributed by atoms with Crippen molar-refractivity contribution in [3.63, 3.8) is 0 Å². The molecule has 1 aliphatic carbocycles. The molecule has 3 heterocycles. The molecule has 146 valence electrons. The van der Waals surface area contributed by atoms with Gasteiger partial charge in [0.15, 0.2) is 0 Å². The number of hydrogen-bond donors (Lipinski definition) is 0. The van der Waals surface area contributed by atoms with Gasteiger partial charge in [0.25, 0.3) is 0 Å². The lowest BCUT2D eigenvalue weighted by atomic mass is 9.79. The maximum absolute atomic E-state index is 6.31. The first-order valence-corrected chi connectivity index (χ1v) is 12.7. The van der Waals surface area contributed by atoms with Crippen molar-refractivity contribution in [1.82, 2.24) is 14.2 Å². The van der Waals surface area contributed by atoms with Gasteiger partial charge in [0.1, 0.15) is 0 Å². The van der Waals surface area contributed by atoms with Gasteiger partial charge in [-0.05, 0) is 58.7 Å². The van der Waals surface area contributed by atoms with Gasteiger partial charge in [0, 0.05) is 58.9 Å². The molecule has 1 aliphatic heterocycles. The molecular weight excluding hydrogens is 488 g/mol. The normalized spacial score (nSPS) is 21.0. The molecule has 0 N–H and O–H groups in total. The summed E-state index contributed by atoms with van der Waals surface area (Å²) in [5.41, 5.74) is 2.27. The minimum absolute atomic E-state index is 0.382. The van der Waals surface area contributed by atoms with Gasteiger partial charge >= 0.3 is 7.12 Å². The molecule has 1 saturated heterocycles. The number of aromatic nitrogens is 3. The smallest absolute Gasteiger partial charge is 0.420 e. The molecule has 9 heteroatoms. The summed E-state index contributed by atoms with van der Waals surface area (Å²) in [6.45, 7) is 8.29. The SMILES string of the molecule is CC1(C)OB(c2cn(SI)c3ccc(-c4nnc(C5CC5)o4)cc23)OC1(C)C. The van der Waals surface area contributed by atoms with Crippen LogP contribution in [0.25, 0.3) is 22.4 Å². The van der Waals surface area contributed by atoms with Crippen LogP contribution in [0.2, 0.25) is 0 Å². The second-order valence-electron chi connectivity index (χ2n) is 8.52. The van der Waals surface area contributed by atoms with Gasteiger partial charge in [-0.25, -0.2) is 0 Å². The van der Waals surface area contributed by atoms with E-state index in [1.807, 2.05) is 6.07 Å². The molecule has 2 fully saturated rings. The molecule has 0 bridgehead atoms. The van der Waals surface area contributed by atoms with Crippen LogP contribution in [0.5, 0.6) is 0 Å². The molecule has 0 unspecified atom stereocenters. The van der Waals surface area contributed by atoms with Crippen LogP contribution in [-0.2, 0) is 9.31 Å². The zero-order valence-corrected chi connectivity index (χ0v) is 19.2. The average molecular weight is 509 g/mol. The third-order valence-corrected chi connectivity index (χ3v) is 7.72. The molecule has 6 nitrogen and oxygen atoms in total. The minimum atomic E-state index is -0.419. The molecule has 0 amide bonds. The Balaban J connectivity index is 1.59. The fourth-order valence-electron chi connectivity index (χ4n) is 3.42. The highest BCUT2D eigenvalue weighted by molar-refractivity contribution is 14.2. The van der Waals surface area contributed by atoms with E-state index in [0.29, 0.717) is 11.8 Å². The molecule has 0 spiro atoms. The zero-order valence-electron chi connectivity index (χ0n) is 16.2. The summed E-state index contributed by atoms with van der Waals surface area (Å²) in [4.78, 5) is 0. The molecule has 5 rings (SSSR count). The van der Waals surface area contributed by atoms with E-state index in [0.717, 1.165) is 40.7 Å². The average Bonchev–Trinajstić information content (AvgIpc) is 3.18. The highest BCUT2D eigenvalue weighted by atomic mass is 127. The van der Waals surface area contributed by atoms with Gasteiger partial charge in [0.05, 0.1) is 16.7 Å². The lowest BCUT2D eigenvalue weighted by molar-refractivity contribution is 0.00578. The lowest BCUT2D eigenvalue weighted by Gasteiger charge is -2.32. The van der Waals surface area contributed by atoms with E-state index < -0.39 is 7.12 Å². The van der Waals surface area contributed by atoms with E-state index >= 15 is 0 Å². The van der Waals surface area contributed by atoms with Crippen molar-refractivity contribution in [3.8, 4) is 11.5 Å². The number of hydrogen-bond acceptors (Lipinski definition) is 6. The molecule has 2 aliphatic rings. The van der Waals surface area contributed by atoms with E-state index in [1.165, 1.54) is 0 Å². The van der Waals surface area contributed by atoms with E-state index in [4.69, 9.17) is 13.7 Å². The lowest BCUT2D eigenvalue weighted by Crippen LogP contribution is -2.41. The quantitative estimate of drug-likeness (QED) is 0.375. The summed E-state index contributed by atoms with van der Waals surface area (Å²) in [6, 6.07) is 6.22. The first-order valence-electron chi connectivity index (χ1n) is 9.42. The summed E-state index contributed by atoms with van der Waals surface area (Å²) in [5, 5.41) is 9.55. The molecule has 3 aromatic rings. The van der Waals surface area contributed by atoms with Crippen LogP contribution in [-0.4, -0.2) is 32.5 Å². The molecule has 0 radical (unpaired) electrons. The largest absolute Gasteiger partial charge is 0.497 e. The fraction of sp³-hybridized carbons (Fsp3) is 0.474. The number of halogens is 1. The Kier molecular flexibility index (Phi) is 4.39. The van der Waals surface area contributed by atoms with Gasteiger partial charge in [-0.3, -0.25) is 3.97 Å². The van der Waals surface area contributed by atoms with Gasteiger partial charge in [-0.2, -0.15) is 0 Å². The van der Waals surface area contributed by atoms with Crippen molar-refractivity contribution in [2.24, 2.45) is 0 Å². The predicted octanol–water partition coefficient (Wildman–Crippen LogP) is 4.71. The molecule has 2 aromatic heterocycles. The number of rotatable bonds is 4. The van der Waals surface area contributed by atoms with Crippen LogP contribution in [0.1, 0.15) is 52.3 Å². The molecule has 0 atom stereocenters. The molecular formula is C19H21BIN3O3S. The number of benzene rings is 1. The summed E-state index contributed by atoms with van der Waals surface area (Å²) in [7, 11) is 1.20. The zero-order chi connectivity index (χ0) is 19.7. The van der Waals surface area contributed by atoms with Gasteiger partial charge in [0.2, 0.25) is 11.8 Å². The third kappa shape index (κ3) is 3.01. The standard InChI is InChI=1S/C19H21BIN3O3S/c1-18(2)19(3,4)27-20(26-18)14-10-24(28-21)15-8-7-12(9-13(14)15)17-23-22-16(25-17)11-5-6-11/h7-11H,5-6H2,1-4H3. The Morgan fingerprint density at radius 3 is 2.50 bits per heavy atom. The maximum atomic E-state index is 6.31. The second kappa shape index (κ2) is 6.48. The second-order valence-corrected chi connectivity index (χ2v) is 10.2. The molecule has 1 saturated carbocycles. The highest BCUT2D eigenvalue weighted by Gasteiger charge is 2.52. The van der Waals surface area contributed by atoms with Crippen LogP contribution < -0.4 is 5.46 Å². The molecule has 28 heavy (non-hydrogen) atoms. The fourth-order valence-corrected chi connectivity index (χ4v) is 4.78. The van der Waals surface area contributed by atoms with Gasteiger partial charge < -0.3 is 13.7 Å². The predicted molar refractivity (Wildman–Crippen MR) is 120 cm³/mol. The van der Waals surface area contributed by atoms with Crippen LogP contribution in [0.4, 0.5) is 0 Å². The number of fused-ring (bicyclic) bond motifs is 1. The summed E-state index contributed by atoms with van der Waals surface area (Å²) < 4.78 is 20.7. The van der Waals surface area contributed by atoms with Crippen LogP contribution in [0, 0.1) is 0 Å². The van der Waals surface area contributed by atoms with Crippen molar-refractivity contribution in [3.05, 3.63) is 30.3 Å². The van der Waals surface area contributed by atoms with Gasteiger partial charge in [-0.1, -0.05) is 0 Å². The Morgan fingerprint density at radius 2 is 1.86 bits per heavy atom. The minimum Gasteiger partial charge on any atom is -0.420 e. The van der Waals surface area contributed by atoms with Crippen molar-refractivity contribution in [1.29, 1.82) is 0 Å². The van der Waals surface area contributed by atoms with Crippen molar-refractivity contribution in [2.45, 2.75) is 57.7 Å². The van der Waals surface area contributed by atoms with E-state index in [-0.39, 0.29) is 11.2 Å². The maximum Gasteiger partial charge on any atom is 0.497 e. The Hall–Kier alpha value is -1.04. The summed E-state index contributed by atoms with van der Waals surface area (Å²) >= 11 is 2.29. The van der Waals surface area contributed by atoms with Crippen molar-refractivity contribution >= 4 is 53.8 Å².